The molecule has 2 heterocycles. The lowest BCUT2D eigenvalue weighted by Gasteiger charge is -2.32. The molecule has 0 unspecified atom stereocenters. The zero-order valence-corrected chi connectivity index (χ0v) is 17.5. The zero-order chi connectivity index (χ0) is 16.9. The summed E-state index contributed by atoms with van der Waals surface area (Å²) in [6.45, 7) is 9.71. The van der Waals surface area contributed by atoms with Gasteiger partial charge in [0.05, 0.1) is 23.1 Å². The van der Waals surface area contributed by atoms with Crippen molar-refractivity contribution in [2.45, 2.75) is 52.2 Å². The van der Waals surface area contributed by atoms with Crippen molar-refractivity contribution in [1.82, 2.24) is 13.5 Å². The topological polar surface area (TPSA) is 73.7 Å². The molecule has 1 saturated heterocycles. The third-order valence-electron chi connectivity index (χ3n) is 4.39. The zero-order valence-electron chi connectivity index (χ0n) is 15.1. The van der Waals surface area contributed by atoms with E-state index in [2.05, 4.69) is 5.10 Å². The van der Waals surface area contributed by atoms with Gasteiger partial charge < -0.3 is 9.31 Å². The summed E-state index contributed by atoms with van der Waals surface area (Å²) in [5.41, 5.74) is 0.273. The molecule has 24 heavy (non-hydrogen) atoms. The molecule has 0 saturated carbocycles. The molecule has 140 valence electrons. The van der Waals surface area contributed by atoms with Crippen LogP contribution in [0, 0.1) is 0 Å². The van der Waals surface area contributed by atoms with Gasteiger partial charge in [0.2, 0.25) is 0 Å². The van der Waals surface area contributed by atoms with Gasteiger partial charge in [-0.3, -0.25) is 0 Å². The van der Waals surface area contributed by atoms with Crippen LogP contribution in [-0.4, -0.2) is 54.3 Å². The molecule has 7 nitrogen and oxygen atoms in total. The van der Waals surface area contributed by atoms with E-state index < -0.39 is 28.5 Å². The molecule has 0 aliphatic carbocycles. The molecule has 0 spiro atoms. The Balaban J connectivity index is 0.00000264. The Hall–Kier alpha value is -0.315. The van der Waals surface area contributed by atoms with Crippen molar-refractivity contribution < 1.29 is 17.7 Å². The third-order valence-corrected chi connectivity index (χ3v) is 6.06. The van der Waals surface area contributed by atoms with Gasteiger partial charge in [0.15, 0.2) is 0 Å². The Labute approximate surface area is 157 Å². The van der Waals surface area contributed by atoms with Crippen molar-refractivity contribution in [3.63, 3.8) is 0 Å². The predicted octanol–water partition coefficient (Wildman–Crippen LogP) is 1.24. The molecular weight excluding hydrogens is 376 g/mol. The summed E-state index contributed by atoms with van der Waals surface area (Å²) >= 11 is 0. The molecule has 0 N–H and O–H groups in total. The lowest BCUT2D eigenvalue weighted by molar-refractivity contribution is 0.00578. The molecule has 1 aliphatic rings. The van der Waals surface area contributed by atoms with E-state index in [1.54, 1.807) is 0 Å². The number of nitrogens with zero attached hydrogens (tertiary/aromatic N) is 3. The molecule has 0 aromatic carbocycles. The van der Waals surface area contributed by atoms with Gasteiger partial charge in [-0.25, -0.2) is 0 Å². The van der Waals surface area contributed by atoms with E-state index in [4.69, 9.17) is 9.31 Å². The molecule has 11 heteroatoms. The maximum atomic E-state index is 12.3. The van der Waals surface area contributed by atoms with Crippen LogP contribution in [0.2, 0.25) is 0 Å². The number of rotatable bonds is 4. The van der Waals surface area contributed by atoms with Gasteiger partial charge in [0.1, 0.15) is 0 Å². The van der Waals surface area contributed by atoms with E-state index in [1.165, 1.54) is 20.3 Å². The van der Waals surface area contributed by atoms with Gasteiger partial charge in [-0.2, -0.15) is 17.8 Å². The Morgan fingerprint density at radius 1 is 1.17 bits per heavy atom. The van der Waals surface area contributed by atoms with Crippen LogP contribution >= 0.6 is 24.8 Å². The van der Waals surface area contributed by atoms with Crippen LogP contribution in [0.5, 0.6) is 0 Å². The van der Waals surface area contributed by atoms with Crippen molar-refractivity contribution in [2.75, 3.05) is 14.1 Å². The Bertz CT molecular complexity index is 661. The number of hydrogen-bond acceptors (Lipinski definition) is 5. The monoisotopic (exact) mass is 401 g/mol. The molecule has 0 bridgehead atoms. The highest BCUT2D eigenvalue weighted by Gasteiger charge is 2.53. The minimum atomic E-state index is -3.66. The lowest BCUT2D eigenvalue weighted by Crippen LogP contribution is -2.41. The molecule has 1 aliphatic heterocycles. The third kappa shape index (κ3) is 3.76. The molecule has 1 aromatic heterocycles. The summed E-state index contributed by atoms with van der Waals surface area (Å²) in [5.74, 6) is 0. The highest BCUT2D eigenvalue weighted by Crippen LogP contribution is 2.36. The molecule has 1 aromatic rings. The second-order valence-electron chi connectivity index (χ2n) is 6.62. The molecule has 0 atom stereocenters. The number of aromatic nitrogens is 2. The van der Waals surface area contributed by atoms with E-state index in [1.807, 2.05) is 34.6 Å². The quantitative estimate of drug-likeness (QED) is 0.709. The second-order valence-corrected chi connectivity index (χ2v) is 8.59. The first kappa shape index (κ1) is 23.7. The molecular formula is C13H26BCl2N3O4S. The van der Waals surface area contributed by atoms with Crippen LogP contribution < -0.4 is 5.46 Å². The van der Waals surface area contributed by atoms with E-state index in [9.17, 15) is 8.42 Å². The molecule has 1 fully saturated rings. The molecule has 0 radical (unpaired) electrons. The highest BCUT2D eigenvalue weighted by molar-refractivity contribution is 7.87. The van der Waals surface area contributed by atoms with Crippen molar-refractivity contribution in [2.24, 2.45) is 0 Å². The van der Waals surface area contributed by atoms with Gasteiger partial charge in [-0.15, -0.1) is 28.9 Å². The number of hydrogen-bond donors (Lipinski definition) is 0. The fraction of sp³-hybridized carbons (Fsp3) is 0.769. The standard InChI is InChI=1S/C13H24BN3O4S.2ClH/c1-8-11-10(9-15-17(11)22(18,19)16(6)7)14-20-12(2,3)13(4,5)21-14;;/h9H,8H2,1-7H3;2*1H. The van der Waals surface area contributed by atoms with Crippen molar-refractivity contribution >= 4 is 47.6 Å². The van der Waals surface area contributed by atoms with E-state index >= 15 is 0 Å². The SMILES string of the molecule is CCc1c(B2OC(C)(C)C(C)(C)O2)cnn1S(=O)(=O)N(C)C.Cl.Cl. The van der Waals surface area contributed by atoms with Crippen LogP contribution in [0.25, 0.3) is 0 Å². The second kappa shape index (κ2) is 7.51. The van der Waals surface area contributed by atoms with Crippen LogP contribution in [0.1, 0.15) is 40.3 Å². The van der Waals surface area contributed by atoms with E-state index in [-0.39, 0.29) is 24.8 Å². The summed E-state index contributed by atoms with van der Waals surface area (Å²) in [5, 5.41) is 4.05. The summed E-state index contributed by atoms with van der Waals surface area (Å²) in [4.78, 5) is 0. The van der Waals surface area contributed by atoms with E-state index in [0.717, 1.165) is 8.39 Å². The minimum Gasteiger partial charge on any atom is -0.399 e. The molecule has 2 rings (SSSR count). The first-order valence-electron chi connectivity index (χ1n) is 7.29. The average Bonchev–Trinajstić information content (AvgIpc) is 2.88. The maximum Gasteiger partial charge on any atom is 0.498 e. The summed E-state index contributed by atoms with van der Waals surface area (Å²) < 4.78 is 38.9. The average molecular weight is 402 g/mol. The van der Waals surface area contributed by atoms with Crippen LogP contribution in [0.4, 0.5) is 0 Å². The predicted molar refractivity (Wildman–Crippen MR) is 99.8 cm³/mol. The first-order chi connectivity index (χ1) is 9.94. The van der Waals surface area contributed by atoms with Gasteiger partial charge in [-0.1, -0.05) is 6.92 Å². The summed E-state index contributed by atoms with van der Waals surface area (Å²) in [6.07, 6.45) is 2.02. The highest BCUT2D eigenvalue weighted by atomic mass is 35.5. The Morgan fingerprint density at radius 2 is 1.62 bits per heavy atom. The fourth-order valence-electron chi connectivity index (χ4n) is 2.23. The largest absolute Gasteiger partial charge is 0.498 e. The van der Waals surface area contributed by atoms with Crippen LogP contribution in [0.3, 0.4) is 0 Å². The Kier molecular flexibility index (Phi) is 7.41. The minimum absolute atomic E-state index is 0. The normalized spacial score (nSPS) is 19.1. The van der Waals surface area contributed by atoms with Crippen molar-refractivity contribution in [3.05, 3.63) is 11.9 Å². The molecule has 0 amide bonds. The van der Waals surface area contributed by atoms with Gasteiger partial charge in [0.25, 0.3) is 0 Å². The van der Waals surface area contributed by atoms with Crippen LogP contribution in [-0.2, 0) is 25.9 Å². The lowest BCUT2D eigenvalue weighted by atomic mass is 9.79. The van der Waals surface area contributed by atoms with Crippen LogP contribution in [0.15, 0.2) is 6.20 Å². The van der Waals surface area contributed by atoms with Crippen molar-refractivity contribution in [1.29, 1.82) is 0 Å². The van der Waals surface area contributed by atoms with Gasteiger partial charge >= 0.3 is 17.3 Å². The summed E-state index contributed by atoms with van der Waals surface area (Å²) in [6, 6.07) is 0. The van der Waals surface area contributed by atoms with Crippen molar-refractivity contribution in [3.8, 4) is 0 Å². The Morgan fingerprint density at radius 3 is 2.00 bits per heavy atom. The first-order valence-corrected chi connectivity index (χ1v) is 8.69. The summed E-state index contributed by atoms with van der Waals surface area (Å²) in [7, 11) is -1.32. The van der Waals surface area contributed by atoms with Gasteiger partial charge in [-0.05, 0) is 34.1 Å². The smallest absolute Gasteiger partial charge is 0.399 e. The number of halogens is 2. The fourth-order valence-corrected chi connectivity index (χ4v) is 3.22. The maximum absolute atomic E-state index is 12.3. The van der Waals surface area contributed by atoms with Gasteiger partial charge in [0, 0.05) is 19.6 Å². The van der Waals surface area contributed by atoms with E-state index in [0.29, 0.717) is 17.6 Å².